The number of nitrogens with zero attached hydrogens (tertiary/aromatic N) is 4. The second kappa shape index (κ2) is 7.41. The number of aromatic nitrogens is 4. The van der Waals surface area contributed by atoms with E-state index in [-0.39, 0.29) is 5.78 Å². The molecule has 0 N–H and O–H groups in total. The highest BCUT2D eigenvalue weighted by molar-refractivity contribution is 7.99. The Labute approximate surface area is 157 Å². The van der Waals surface area contributed by atoms with Gasteiger partial charge in [-0.15, -0.1) is 5.10 Å². The van der Waals surface area contributed by atoms with Crippen molar-refractivity contribution in [1.29, 1.82) is 0 Å². The molecule has 6 heteroatoms. The van der Waals surface area contributed by atoms with Crippen LogP contribution >= 0.6 is 11.8 Å². The molecule has 3 aromatic rings. The third-order valence-electron chi connectivity index (χ3n) is 4.31. The van der Waals surface area contributed by atoms with Crippen LogP contribution in [0.5, 0.6) is 0 Å². The van der Waals surface area contributed by atoms with E-state index in [1.165, 1.54) is 22.9 Å². The van der Waals surface area contributed by atoms with Crippen molar-refractivity contribution in [2.75, 3.05) is 5.75 Å². The first-order chi connectivity index (χ1) is 12.4. The standard InChI is InChI=1S/C20H22N4OS/c1-12-6-7-17(14(3)8-12)24-20(21-22-23-24)26-11-18(25)19-15(4)9-13(2)10-16(19)5/h6-10H,11H2,1-5H3. The van der Waals surface area contributed by atoms with Gasteiger partial charge in [-0.25, -0.2) is 0 Å². The van der Waals surface area contributed by atoms with Crippen molar-refractivity contribution >= 4 is 17.5 Å². The van der Waals surface area contributed by atoms with Gasteiger partial charge in [0.1, 0.15) is 0 Å². The van der Waals surface area contributed by atoms with Crippen LogP contribution in [-0.4, -0.2) is 31.7 Å². The van der Waals surface area contributed by atoms with Crippen LogP contribution in [0.2, 0.25) is 0 Å². The summed E-state index contributed by atoms with van der Waals surface area (Å²) in [5.74, 6) is 0.399. The number of Topliss-reactive ketones (excluding diaryl/α,β-unsaturated/α-hetero) is 1. The molecule has 0 aliphatic rings. The van der Waals surface area contributed by atoms with Gasteiger partial charge in [0.2, 0.25) is 5.16 Å². The van der Waals surface area contributed by atoms with Gasteiger partial charge in [-0.2, -0.15) is 4.68 Å². The van der Waals surface area contributed by atoms with Crippen LogP contribution in [-0.2, 0) is 0 Å². The Kier molecular flexibility index (Phi) is 5.23. The molecular weight excluding hydrogens is 344 g/mol. The Bertz CT molecular complexity index is 955. The molecule has 0 spiro atoms. The molecule has 0 unspecified atom stereocenters. The zero-order valence-corrected chi connectivity index (χ0v) is 16.5. The molecule has 0 radical (unpaired) electrons. The van der Waals surface area contributed by atoms with Gasteiger partial charge in [0.15, 0.2) is 5.78 Å². The minimum atomic E-state index is 0.0974. The molecule has 1 heterocycles. The van der Waals surface area contributed by atoms with E-state index in [0.29, 0.717) is 10.9 Å². The molecule has 0 bridgehead atoms. The van der Waals surface area contributed by atoms with Crippen molar-refractivity contribution in [2.24, 2.45) is 0 Å². The SMILES string of the molecule is Cc1ccc(-n2nnnc2SCC(=O)c2c(C)cc(C)cc2C)c(C)c1. The van der Waals surface area contributed by atoms with E-state index in [0.717, 1.165) is 27.9 Å². The van der Waals surface area contributed by atoms with Crippen LogP contribution in [0.4, 0.5) is 0 Å². The molecular formula is C20H22N4OS. The first kappa shape index (κ1) is 18.3. The van der Waals surface area contributed by atoms with Crippen LogP contribution in [0, 0.1) is 34.6 Å². The fourth-order valence-corrected chi connectivity index (χ4v) is 4.04. The number of thioether (sulfide) groups is 1. The van der Waals surface area contributed by atoms with Crippen LogP contribution < -0.4 is 0 Å². The maximum Gasteiger partial charge on any atom is 0.214 e. The summed E-state index contributed by atoms with van der Waals surface area (Å²) in [4.78, 5) is 12.8. The quantitative estimate of drug-likeness (QED) is 0.501. The first-order valence-electron chi connectivity index (χ1n) is 8.46. The Morgan fingerprint density at radius 3 is 2.27 bits per heavy atom. The molecule has 5 nitrogen and oxygen atoms in total. The molecule has 0 fully saturated rings. The predicted octanol–water partition coefficient (Wildman–Crippen LogP) is 4.18. The third kappa shape index (κ3) is 3.70. The number of carbonyl (C=O) groups excluding carboxylic acids is 1. The van der Waals surface area contributed by atoms with E-state index in [4.69, 9.17) is 0 Å². The highest BCUT2D eigenvalue weighted by Crippen LogP contribution is 2.24. The molecule has 0 aliphatic heterocycles. The lowest BCUT2D eigenvalue weighted by molar-refractivity contribution is 0.102. The van der Waals surface area contributed by atoms with Crippen LogP contribution in [0.3, 0.4) is 0 Å². The summed E-state index contributed by atoms with van der Waals surface area (Å²) in [5, 5.41) is 12.6. The Morgan fingerprint density at radius 2 is 1.62 bits per heavy atom. The van der Waals surface area contributed by atoms with Crippen molar-refractivity contribution < 1.29 is 4.79 Å². The average molecular weight is 366 g/mol. The number of ketones is 1. The van der Waals surface area contributed by atoms with Crippen molar-refractivity contribution in [1.82, 2.24) is 20.2 Å². The molecule has 134 valence electrons. The number of hydrogen-bond donors (Lipinski definition) is 0. The second-order valence-corrected chi connectivity index (χ2v) is 7.59. The molecule has 0 amide bonds. The smallest absolute Gasteiger partial charge is 0.214 e. The van der Waals surface area contributed by atoms with Gasteiger partial charge in [0.25, 0.3) is 0 Å². The number of benzene rings is 2. The molecule has 0 aliphatic carbocycles. The zero-order chi connectivity index (χ0) is 18.8. The number of rotatable bonds is 5. The second-order valence-electron chi connectivity index (χ2n) is 6.65. The largest absolute Gasteiger partial charge is 0.293 e. The van der Waals surface area contributed by atoms with Gasteiger partial charge in [0.05, 0.1) is 11.4 Å². The molecule has 3 rings (SSSR count). The van der Waals surface area contributed by atoms with Gasteiger partial charge in [0, 0.05) is 5.56 Å². The topological polar surface area (TPSA) is 60.7 Å². The predicted molar refractivity (Wildman–Crippen MR) is 104 cm³/mol. The van der Waals surface area contributed by atoms with Crippen molar-refractivity contribution in [3.05, 3.63) is 63.7 Å². The minimum absolute atomic E-state index is 0.0974. The molecule has 0 atom stereocenters. The van der Waals surface area contributed by atoms with E-state index in [1.54, 1.807) is 4.68 Å². The van der Waals surface area contributed by atoms with Crippen LogP contribution in [0.25, 0.3) is 5.69 Å². The summed E-state index contributed by atoms with van der Waals surface area (Å²) in [6, 6.07) is 10.2. The lowest BCUT2D eigenvalue weighted by Crippen LogP contribution is -2.09. The summed E-state index contributed by atoms with van der Waals surface area (Å²) < 4.78 is 1.70. The van der Waals surface area contributed by atoms with Crippen LogP contribution in [0.1, 0.15) is 38.2 Å². The summed E-state index contributed by atoms with van der Waals surface area (Å²) in [6.07, 6.45) is 0. The van der Waals surface area contributed by atoms with Gasteiger partial charge < -0.3 is 0 Å². The number of carbonyl (C=O) groups is 1. The normalized spacial score (nSPS) is 11.0. The monoisotopic (exact) mass is 366 g/mol. The van der Waals surface area contributed by atoms with E-state index >= 15 is 0 Å². The average Bonchev–Trinajstić information content (AvgIpc) is 3.00. The Hall–Kier alpha value is -2.47. The lowest BCUT2D eigenvalue weighted by Gasteiger charge is -2.11. The van der Waals surface area contributed by atoms with Gasteiger partial charge in [-0.05, 0) is 67.8 Å². The molecule has 2 aromatic carbocycles. The first-order valence-corrected chi connectivity index (χ1v) is 9.45. The summed E-state index contributed by atoms with van der Waals surface area (Å²) in [6.45, 7) is 10.1. The molecule has 1 aromatic heterocycles. The summed E-state index contributed by atoms with van der Waals surface area (Å²) >= 11 is 1.36. The van der Waals surface area contributed by atoms with Gasteiger partial charge >= 0.3 is 0 Å². The number of tetrazole rings is 1. The number of hydrogen-bond acceptors (Lipinski definition) is 5. The van der Waals surface area contributed by atoms with Gasteiger partial charge in [-0.3, -0.25) is 4.79 Å². The van der Waals surface area contributed by atoms with E-state index in [1.807, 2.05) is 52.0 Å². The highest BCUT2D eigenvalue weighted by Gasteiger charge is 2.17. The van der Waals surface area contributed by atoms with E-state index in [2.05, 4.69) is 28.5 Å². The van der Waals surface area contributed by atoms with Crippen molar-refractivity contribution in [2.45, 2.75) is 39.8 Å². The fourth-order valence-electron chi connectivity index (χ4n) is 3.29. The molecule has 0 saturated carbocycles. The van der Waals surface area contributed by atoms with E-state index in [9.17, 15) is 4.79 Å². The highest BCUT2D eigenvalue weighted by atomic mass is 32.2. The van der Waals surface area contributed by atoms with E-state index < -0.39 is 0 Å². The molecule has 26 heavy (non-hydrogen) atoms. The number of aryl methyl sites for hydroxylation is 5. The molecule has 0 saturated heterocycles. The fraction of sp³-hybridized carbons (Fsp3) is 0.300. The van der Waals surface area contributed by atoms with Gasteiger partial charge in [-0.1, -0.05) is 47.2 Å². The van der Waals surface area contributed by atoms with Crippen molar-refractivity contribution in [3.8, 4) is 5.69 Å². The Balaban J connectivity index is 1.82. The maximum absolute atomic E-state index is 12.8. The Morgan fingerprint density at radius 1 is 0.962 bits per heavy atom. The third-order valence-corrected chi connectivity index (χ3v) is 5.23. The maximum atomic E-state index is 12.8. The van der Waals surface area contributed by atoms with Crippen molar-refractivity contribution in [3.63, 3.8) is 0 Å². The summed E-state index contributed by atoms with van der Waals surface area (Å²) in [5.41, 5.74) is 7.21. The minimum Gasteiger partial charge on any atom is -0.293 e. The zero-order valence-electron chi connectivity index (χ0n) is 15.7. The summed E-state index contributed by atoms with van der Waals surface area (Å²) in [7, 11) is 0. The lowest BCUT2D eigenvalue weighted by atomic mass is 9.97. The van der Waals surface area contributed by atoms with Crippen LogP contribution in [0.15, 0.2) is 35.5 Å².